The van der Waals surface area contributed by atoms with E-state index in [0.29, 0.717) is 0 Å². The van der Waals surface area contributed by atoms with Crippen LogP contribution in [0.15, 0.2) is 18.5 Å². The van der Waals surface area contributed by atoms with Gasteiger partial charge in [0.15, 0.2) is 17.3 Å². The van der Waals surface area contributed by atoms with E-state index >= 15 is 0 Å². The molecule has 0 radical (unpaired) electrons. The molecular formula is C16H14F5N7O3S. The molecule has 2 heterocycles. The lowest BCUT2D eigenvalue weighted by molar-refractivity contribution is -0.144. The number of carbonyl (C=O) groups excluding carboxylic acids is 1. The Labute approximate surface area is 176 Å². The van der Waals surface area contributed by atoms with E-state index < -0.39 is 62.5 Å². The van der Waals surface area contributed by atoms with E-state index in [1.54, 1.807) is 6.92 Å². The summed E-state index contributed by atoms with van der Waals surface area (Å²) in [4.78, 5) is 24.5. The van der Waals surface area contributed by atoms with Gasteiger partial charge < -0.3 is 10.3 Å². The van der Waals surface area contributed by atoms with Crippen LogP contribution in [-0.2, 0) is 16.2 Å². The smallest absolute Gasteiger partial charge is 0.330 e. The number of nitrogens with one attached hydrogen (secondary N) is 4. The molecule has 0 aliphatic carbocycles. The molecule has 3 rings (SSSR count). The van der Waals surface area contributed by atoms with Crippen molar-refractivity contribution >= 4 is 44.4 Å². The van der Waals surface area contributed by atoms with Crippen molar-refractivity contribution in [2.24, 2.45) is 0 Å². The molecule has 4 N–H and O–H groups in total. The van der Waals surface area contributed by atoms with Crippen molar-refractivity contribution in [2.75, 3.05) is 21.1 Å². The first-order valence-electron chi connectivity index (χ1n) is 8.75. The summed E-state index contributed by atoms with van der Waals surface area (Å²) in [5.74, 6) is -4.80. The maximum Gasteiger partial charge on any atom is 0.449 e. The van der Waals surface area contributed by atoms with Gasteiger partial charge in [-0.1, -0.05) is 6.92 Å². The number of hydrogen-bond acceptors (Lipinski definition) is 6. The Morgan fingerprint density at radius 3 is 2.53 bits per heavy atom. The molecule has 0 fully saturated rings. The van der Waals surface area contributed by atoms with Gasteiger partial charge in [-0.15, -0.1) is 0 Å². The molecule has 2 aromatic heterocycles. The minimum absolute atomic E-state index is 0.239. The van der Waals surface area contributed by atoms with Crippen LogP contribution in [0.1, 0.15) is 19.2 Å². The molecule has 172 valence electrons. The number of rotatable bonds is 6. The minimum Gasteiger partial charge on any atom is -0.330 e. The van der Waals surface area contributed by atoms with Crippen molar-refractivity contribution < 1.29 is 35.2 Å². The molecule has 0 atom stereocenters. The molecule has 32 heavy (non-hydrogen) atoms. The number of imidazole rings is 1. The molecule has 0 saturated heterocycles. The largest absolute Gasteiger partial charge is 0.449 e. The second-order valence-corrected chi connectivity index (χ2v) is 8.13. The molecule has 0 aliphatic heterocycles. The Morgan fingerprint density at radius 2 is 1.88 bits per heavy atom. The summed E-state index contributed by atoms with van der Waals surface area (Å²) in [5.41, 5.74) is -2.39. The van der Waals surface area contributed by atoms with E-state index in [9.17, 15) is 35.2 Å². The highest BCUT2D eigenvalue weighted by Crippen LogP contribution is 2.30. The fourth-order valence-electron chi connectivity index (χ4n) is 2.54. The lowest BCUT2D eigenvalue weighted by atomic mass is 10.2. The van der Waals surface area contributed by atoms with Crippen molar-refractivity contribution in [3.8, 4) is 0 Å². The number of aromatic amines is 1. The highest BCUT2D eigenvalue weighted by Gasteiger charge is 2.35. The molecule has 16 heteroatoms. The van der Waals surface area contributed by atoms with Gasteiger partial charge in [0, 0.05) is 0 Å². The summed E-state index contributed by atoms with van der Waals surface area (Å²) in [6.07, 6.45) is -3.76. The van der Waals surface area contributed by atoms with Crippen molar-refractivity contribution in [1.82, 2.24) is 19.9 Å². The summed E-state index contributed by atoms with van der Waals surface area (Å²) in [5, 5.41) is 3.86. The number of H-pyrrole nitrogens is 1. The van der Waals surface area contributed by atoms with E-state index in [0.717, 1.165) is 18.5 Å². The zero-order valence-electron chi connectivity index (χ0n) is 16.0. The Balaban J connectivity index is 1.85. The molecule has 10 nitrogen and oxygen atoms in total. The topological polar surface area (TPSA) is 142 Å². The van der Waals surface area contributed by atoms with Gasteiger partial charge in [0.05, 0.1) is 11.4 Å². The minimum atomic E-state index is -4.82. The van der Waals surface area contributed by atoms with Gasteiger partial charge in [0.25, 0.3) is 0 Å². The summed E-state index contributed by atoms with van der Waals surface area (Å²) in [6.45, 7) is 1.58. The lowest BCUT2D eigenvalue weighted by Gasteiger charge is -2.13. The maximum atomic E-state index is 14.6. The van der Waals surface area contributed by atoms with Crippen LogP contribution in [0.4, 0.5) is 43.9 Å². The summed E-state index contributed by atoms with van der Waals surface area (Å²) in [6, 6.07) is 0.271. The fraction of sp³-hybridized carbons (Fsp3) is 0.250. The first kappa shape index (κ1) is 23.1. The van der Waals surface area contributed by atoms with Crippen LogP contribution < -0.4 is 15.4 Å². The second-order valence-electron chi connectivity index (χ2n) is 6.29. The number of fused-ring (bicyclic) bond motifs is 1. The average molecular weight is 479 g/mol. The number of sulfonamides is 1. The molecular weight excluding hydrogens is 465 g/mol. The Kier molecular flexibility index (Phi) is 6.16. The molecule has 2 amide bonds. The quantitative estimate of drug-likeness (QED) is 0.399. The molecule has 0 spiro atoms. The number of nitrogens with zero attached hydrogens (tertiary/aromatic N) is 3. The monoisotopic (exact) mass is 479 g/mol. The van der Waals surface area contributed by atoms with E-state index in [-0.39, 0.29) is 17.7 Å². The zero-order chi connectivity index (χ0) is 23.7. The summed E-state index contributed by atoms with van der Waals surface area (Å²) < 4.78 is 92.8. The molecule has 1 aromatic carbocycles. The summed E-state index contributed by atoms with van der Waals surface area (Å²) >= 11 is 0. The molecule has 0 aliphatic rings. The van der Waals surface area contributed by atoms with Gasteiger partial charge in [-0.05, 0) is 18.6 Å². The highest BCUT2D eigenvalue weighted by molar-refractivity contribution is 7.92. The van der Waals surface area contributed by atoms with Crippen LogP contribution >= 0.6 is 0 Å². The first-order valence-corrected chi connectivity index (χ1v) is 10.4. The molecule has 0 saturated carbocycles. The van der Waals surface area contributed by atoms with Crippen molar-refractivity contribution in [3.63, 3.8) is 0 Å². The lowest BCUT2D eigenvalue weighted by Crippen LogP contribution is -2.23. The average Bonchev–Trinajstić information content (AvgIpc) is 3.13. The van der Waals surface area contributed by atoms with Crippen molar-refractivity contribution in [1.29, 1.82) is 0 Å². The third-order valence-electron chi connectivity index (χ3n) is 3.86. The normalized spacial score (nSPS) is 12.1. The van der Waals surface area contributed by atoms with Crippen molar-refractivity contribution in [3.05, 3.63) is 35.9 Å². The van der Waals surface area contributed by atoms with Crippen LogP contribution in [0.5, 0.6) is 0 Å². The van der Waals surface area contributed by atoms with Gasteiger partial charge in [-0.25, -0.2) is 36.9 Å². The fourth-order valence-corrected chi connectivity index (χ4v) is 3.68. The Hall–Kier alpha value is -3.56. The van der Waals surface area contributed by atoms with Gasteiger partial charge >= 0.3 is 12.2 Å². The highest BCUT2D eigenvalue weighted by atomic mass is 32.2. The Morgan fingerprint density at radius 1 is 1.16 bits per heavy atom. The van der Waals surface area contributed by atoms with E-state index in [2.05, 4.69) is 15.0 Å². The number of amides is 2. The van der Waals surface area contributed by atoms with Gasteiger partial charge in [0.1, 0.15) is 23.3 Å². The number of anilines is 3. The van der Waals surface area contributed by atoms with Gasteiger partial charge in [0.2, 0.25) is 15.8 Å². The van der Waals surface area contributed by atoms with Gasteiger partial charge in [-0.3, -0.25) is 10.0 Å². The Bertz CT molecular complexity index is 1280. The maximum absolute atomic E-state index is 14.6. The van der Waals surface area contributed by atoms with Crippen LogP contribution in [0.2, 0.25) is 0 Å². The van der Waals surface area contributed by atoms with Crippen LogP contribution in [-0.4, -0.2) is 40.1 Å². The van der Waals surface area contributed by atoms with Gasteiger partial charge in [-0.2, -0.15) is 13.2 Å². The number of benzene rings is 1. The number of carbonyl (C=O) groups is 1. The molecule has 0 bridgehead atoms. The van der Waals surface area contributed by atoms with E-state index in [4.69, 9.17) is 0 Å². The number of hydrogen-bond donors (Lipinski definition) is 4. The number of alkyl halides is 3. The number of halogens is 5. The molecule has 0 unspecified atom stereocenters. The standard InChI is InChI=1S/C16H14F5N7O3S/c1-2-5-32(30,31)28-8-4-3-7(17)10(9(8)18)25-15(29)27-13-11-12(22-6-23-13)26-14(24-11)16(19,20)21/h3-4,6,28H,2,5H2,1H3,(H3,22,23,24,25,26,27,29). The number of urea groups is 1. The zero-order valence-corrected chi connectivity index (χ0v) is 16.8. The number of aromatic nitrogens is 4. The van der Waals surface area contributed by atoms with E-state index in [1.807, 2.05) is 20.3 Å². The molecule has 3 aromatic rings. The summed E-state index contributed by atoms with van der Waals surface area (Å²) in [7, 11) is -3.91. The van der Waals surface area contributed by atoms with Crippen LogP contribution in [0.25, 0.3) is 11.2 Å². The van der Waals surface area contributed by atoms with Crippen molar-refractivity contribution in [2.45, 2.75) is 19.5 Å². The van der Waals surface area contributed by atoms with Crippen LogP contribution in [0.3, 0.4) is 0 Å². The predicted octanol–water partition coefficient (Wildman–Crippen LogP) is 3.45. The predicted molar refractivity (Wildman–Crippen MR) is 103 cm³/mol. The third-order valence-corrected chi connectivity index (χ3v) is 5.33. The SMILES string of the molecule is CCCS(=O)(=O)Nc1ccc(F)c(NC(=O)Nc2ncnc3nc(C(F)(F)F)[nH]c23)c1F. The van der Waals surface area contributed by atoms with E-state index in [1.165, 1.54) is 0 Å². The third kappa shape index (κ3) is 5.01. The van der Waals surface area contributed by atoms with Crippen LogP contribution in [0, 0.1) is 11.6 Å². The first-order chi connectivity index (χ1) is 14.9. The second kappa shape index (κ2) is 8.52.